The minimum atomic E-state index is -3.38. The molecular weight excluding hydrogens is 272 g/mol. The van der Waals surface area contributed by atoms with E-state index in [4.69, 9.17) is 4.18 Å². The maximum absolute atomic E-state index is 11.7. The van der Waals surface area contributed by atoms with Crippen LogP contribution in [0.5, 0.6) is 0 Å². The third kappa shape index (κ3) is 1.70. The van der Waals surface area contributed by atoms with Gasteiger partial charge in [0.15, 0.2) is 0 Å². The molecule has 0 bridgehead atoms. The molecule has 3 aliphatic carbocycles. The summed E-state index contributed by atoms with van der Waals surface area (Å²) in [6, 6.07) is 0. The molecule has 0 radical (unpaired) electrons. The summed E-state index contributed by atoms with van der Waals surface area (Å²) in [5.41, 5.74) is 0.616. The normalized spacial score (nSPS) is 50.1. The van der Waals surface area contributed by atoms with Crippen molar-refractivity contribution in [2.75, 3.05) is 6.26 Å². The zero-order chi connectivity index (χ0) is 15.0. The zero-order valence-corrected chi connectivity index (χ0v) is 14.2. The molecule has 3 nitrogen and oxygen atoms in total. The van der Waals surface area contributed by atoms with Gasteiger partial charge in [0.05, 0.1) is 12.4 Å². The lowest BCUT2D eigenvalue weighted by Gasteiger charge is -2.46. The molecule has 3 saturated carbocycles. The fourth-order valence-electron chi connectivity index (χ4n) is 6.83. The van der Waals surface area contributed by atoms with Gasteiger partial charge in [-0.3, -0.25) is 4.18 Å². The molecule has 0 aromatic heterocycles. The summed E-state index contributed by atoms with van der Waals surface area (Å²) >= 11 is 0. The lowest BCUT2D eigenvalue weighted by molar-refractivity contribution is -0.0356. The molecule has 116 valence electrons. The summed E-state index contributed by atoms with van der Waals surface area (Å²) in [5, 5.41) is 0. The van der Waals surface area contributed by atoms with Crippen LogP contribution in [-0.2, 0) is 14.3 Å². The van der Waals surface area contributed by atoms with Crippen molar-refractivity contribution in [3.05, 3.63) is 0 Å². The molecule has 0 aromatic rings. The quantitative estimate of drug-likeness (QED) is 0.732. The second kappa shape index (κ2) is 4.01. The molecular formula is C16H28O3S. The van der Waals surface area contributed by atoms with Gasteiger partial charge in [0.25, 0.3) is 10.1 Å². The highest BCUT2D eigenvalue weighted by Gasteiger charge is 2.74. The van der Waals surface area contributed by atoms with Crippen LogP contribution in [-0.4, -0.2) is 20.8 Å². The van der Waals surface area contributed by atoms with E-state index in [9.17, 15) is 8.42 Å². The monoisotopic (exact) mass is 300 g/mol. The van der Waals surface area contributed by atoms with Gasteiger partial charge in [-0.1, -0.05) is 27.7 Å². The second-order valence-electron chi connectivity index (χ2n) is 8.52. The van der Waals surface area contributed by atoms with Crippen molar-refractivity contribution in [1.82, 2.24) is 0 Å². The summed E-state index contributed by atoms with van der Waals surface area (Å²) in [5.74, 6) is 1.16. The number of rotatable bonds is 2. The van der Waals surface area contributed by atoms with Crippen molar-refractivity contribution in [2.45, 2.75) is 65.9 Å². The minimum absolute atomic E-state index is 0.0690. The van der Waals surface area contributed by atoms with E-state index in [1.165, 1.54) is 25.5 Å². The van der Waals surface area contributed by atoms with Gasteiger partial charge in [-0.2, -0.15) is 8.42 Å². The van der Waals surface area contributed by atoms with E-state index < -0.39 is 10.1 Å². The molecule has 4 heteroatoms. The van der Waals surface area contributed by atoms with Crippen molar-refractivity contribution in [3.8, 4) is 0 Å². The maximum Gasteiger partial charge on any atom is 0.264 e. The molecule has 1 spiro atoms. The van der Waals surface area contributed by atoms with Crippen LogP contribution >= 0.6 is 0 Å². The topological polar surface area (TPSA) is 43.4 Å². The summed E-state index contributed by atoms with van der Waals surface area (Å²) in [6.45, 7) is 9.46. The zero-order valence-electron chi connectivity index (χ0n) is 13.4. The van der Waals surface area contributed by atoms with Crippen LogP contribution in [0.15, 0.2) is 0 Å². The first-order valence-corrected chi connectivity index (χ1v) is 9.73. The molecule has 5 atom stereocenters. The van der Waals surface area contributed by atoms with Crippen molar-refractivity contribution < 1.29 is 12.6 Å². The molecule has 2 unspecified atom stereocenters. The molecule has 0 N–H and O–H groups in total. The molecule has 0 heterocycles. The predicted octanol–water partition coefficient (Wildman–Crippen LogP) is 3.59. The van der Waals surface area contributed by atoms with Crippen LogP contribution in [0, 0.1) is 28.1 Å². The van der Waals surface area contributed by atoms with E-state index in [2.05, 4.69) is 27.7 Å². The van der Waals surface area contributed by atoms with Gasteiger partial charge in [-0.25, -0.2) is 0 Å². The van der Waals surface area contributed by atoms with E-state index in [0.29, 0.717) is 17.3 Å². The van der Waals surface area contributed by atoms with Crippen LogP contribution in [0.3, 0.4) is 0 Å². The van der Waals surface area contributed by atoms with E-state index in [1.54, 1.807) is 0 Å². The second-order valence-corrected chi connectivity index (χ2v) is 10.1. The van der Waals surface area contributed by atoms with Crippen LogP contribution in [0.25, 0.3) is 0 Å². The Labute approximate surface area is 123 Å². The smallest absolute Gasteiger partial charge is 0.264 e. The first-order valence-electron chi connectivity index (χ1n) is 7.91. The van der Waals surface area contributed by atoms with Crippen molar-refractivity contribution in [2.24, 2.45) is 28.1 Å². The Morgan fingerprint density at radius 2 is 1.75 bits per heavy atom. The average Bonchev–Trinajstić information content (AvgIpc) is 2.77. The summed E-state index contributed by atoms with van der Waals surface area (Å²) in [6.07, 6.45) is 6.76. The summed E-state index contributed by atoms with van der Waals surface area (Å²) in [4.78, 5) is 0. The van der Waals surface area contributed by atoms with E-state index in [0.717, 1.165) is 12.8 Å². The van der Waals surface area contributed by atoms with Gasteiger partial charge < -0.3 is 0 Å². The minimum Gasteiger partial charge on any atom is -0.266 e. The van der Waals surface area contributed by atoms with Crippen molar-refractivity contribution in [1.29, 1.82) is 0 Å². The first kappa shape index (κ1) is 14.8. The lowest BCUT2D eigenvalue weighted by atomic mass is 9.61. The maximum atomic E-state index is 11.7. The highest BCUT2D eigenvalue weighted by Crippen LogP contribution is 2.78. The SMILES string of the molecule is CC1CC[C@H]2C(C)(C)C[C@]3(C)CC[C@H](OS(C)(=O)=O)C123. The number of hydrogen-bond donors (Lipinski definition) is 0. The van der Waals surface area contributed by atoms with E-state index in [1.807, 2.05) is 0 Å². The lowest BCUT2D eigenvalue weighted by Crippen LogP contribution is -2.47. The van der Waals surface area contributed by atoms with Gasteiger partial charge in [0, 0.05) is 5.41 Å². The Bertz CT molecular complexity index is 524. The molecule has 0 saturated heterocycles. The van der Waals surface area contributed by atoms with Gasteiger partial charge in [-0.05, 0) is 54.8 Å². The van der Waals surface area contributed by atoms with Crippen molar-refractivity contribution in [3.63, 3.8) is 0 Å². The Balaban J connectivity index is 2.10. The molecule has 0 aliphatic heterocycles. The van der Waals surface area contributed by atoms with E-state index >= 15 is 0 Å². The Morgan fingerprint density at radius 3 is 2.35 bits per heavy atom. The van der Waals surface area contributed by atoms with Crippen LogP contribution < -0.4 is 0 Å². The number of hydrogen-bond acceptors (Lipinski definition) is 3. The van der Waals surface area contributed by atoms with Gasteiger partial charge >= 0.3 is 0 Å². The van der Waals surface area contributed by atoms with E-state index in [-0.39, 0.29) is 16.9 Å². The molecule has 0 aromatic carbocycles. The standard InChI is InChI=1S/C16H28O3S/c1-11-6-7-12-14(2,3)10-15(4)9-8-13(16(11,12)15)19-20(5,17)18/h11-13H,6-10H2,1-5H3/t11?,12-,13-,15-,16?/m0/s1. The predicted molar refractivity (Wildman–Crippen MR) is 79.8 cm³/mol. The fourth-order valence-corrected chi connectivity index (χ4v) is 7.51. The Kier molecular flexibility index (Phi) is 2.97. The summed E-state index contributed by atoms with van der Waals surface area (Å²) < 4.78 is 29.0. The fraction of sp³-hybridized carbons (Fsp3) is 1.00. The molecule has 3 rings (SSSR count). The Morgan fingerprint density at radius 1 is 1.10 bits per heavy atom. The van der Waals surface area contributed by atoms with Crippen LogP contribution in [0.4, 0.5) is 0 Å². The van der Waals surface area contributed by atoms with Crippen molar-refractivity contribution >= 4 is 10.1 Å². The third-order valence-electron chi connectivity index (χ3n) is 6.90. The highest BCUT2D eigenvalue weighted by atomic mass is 32.2. The van der Waals surface area contributed by atoms with Crippen LogP contribution in [0.1, 0.15) is 59.8 Å². The van der Waals surface area contributed by atoms with Gasteiger partial charge in [0.2, 0.25) is 0 Å². The van der Waals surface area contributed by atoms with Gasteiger partial charge in [-0.15, -0.1) is 0 Å². The highest BCUT2D eigenvalue weighted by molar-refractivity contribution is 7.86. The Hall–Kier alpha value is -0.0900. The largest absolute Gasteiger partial charge is 0.266 e. The van der Waals surface area contributed by atoms with Gasteiger partial charge in [0.1, 0.15) is 0 Å². The first-order chi connectivity index (χ1) is 9.03. The molecule has 3 fully saturated rings. The molecule has 0 amide bonds. The average molecular weight is 300 g/mol. The third-order valence-corrected chi connectivity index (χ3v) is 7.48. The summed E-state index contributed by atoms with van der Waals surface area (Å²) in [7, 11) is -3.38. The van der Waals surface area contributed by atoms with Crippen LogP contribution in [0.2, 0.25) is 0 Å². The molecule has 20 heavy (non-hydrogen) atoms. The molecule has 3 aliphatic rings.